The van der Waals surface area contributed by atoms with Gasteiger partial charge in [0.1, 0.15) is 0 Å². The van der Waals surface area contributed by atoms with Gasteiger partial charge in [-0.25, -0.2) is 0 Å². The van der Waals surface area contributed by atoms with Crippen molar-refractivity contribution in [1.82, 2.24) is 4.72 Å². The van der Waals surface area contributed by atoms with Crippen molar-refractivity contribution in [3.05, 3.63) is 0 Å². The van der Waals surface area contributed by atoms with Gasteiger partial charge in [0, 0.05) is 14.2 Å². The van der Waals surface area contributed by atoms with Crippen LogP contribution in [-0.2, 0) is 9.47 Å². The van der Waals surface area contributed by atoms with Gasteiger partial charge < -0.3 is 9.47 Å². The molecule has 10 heavy (non-hydrogen) atoms. The highest BCUT2D eigenvalue weighted by Crippen LogP contribution is 2.04. The summed E-state index contributed by atoms with van der Waals surface area (Å²) >= 11 is 3.96. The predicted octanol–water partition coefficient (Wildman–Crippen LogP) is 0.472. The molecule has 0 bridgehead atoms. The highest BCUT2D eigenvalue weighted by molar-refractivity contribution is 7.78. The smallest absolute Gasteiger partial charge is 0.0718 e. The molecule has 0 amide bonds. The average molecular weight is 165 g/mol. The molecule has 4 heteroatoms. The van der Waals surface area contributed by atoms with Crippen LogP contribution < -0.4 is 4.72 Å². The van der Waals surface area contributed by atoms with E-state index in [0.717, 1.165) is 0 Å². The van der Waals surface area contributed by atoms with Crippen LogP contribution in [0.2, 0.25) is 0 Å². The Morgan fingerprint density at radius 2 is 1.70 bits per heavy atom. The second-order valence-electron chi connectivity index (χ2n) is 2.54. The quantitative estimate of drug-likeness (QED) is 0.581. The van der Waals surface area contributed by atoms with Crippen molar-refractivity contribution in [2.24, 2.45) is 0 Å². The molecular formula is C6H15NO2S. The van der Waals surface area contributed by atoms with E-state index < -0.39 is 0 Å². The van der Waals surface area contributed by atoms with Gasteiger partial charge in [0.25, 0.3) is 0 Å². The van der Waals surface area contributed by atoms with Crippen LogP contribution >= 0.6 is 12.8 Å². The Kier molecular flexibility index (Phi) is 5.07. The van der Waals surface area contributed by atoms with Gasteiger partial charge in [-0.15, -0.1) is 0 Å². The third-order valence-corrected chi connectivity index (χ3v) is 1.74. The van der Waals surface area contributed by atoms with Gasteiger partial charge in [0.05, 0.1) is 18.8 Å². The van der Waals surface area contributed by atoms with Gasteiger partial charge in [0.15, 0.2) is 0 Å². The van der Waals surface area contributed by atoms with Crippen LogP contribution in [0.3, 0.4) is 0 Å². The standard InChI is InChI=1S/C6H15NO2S/c1-6(7-10,4-8-2)5-9-3/h7,10H,4-5H2,1-3H3. The van der Waals surface area contributed by atoms with Crippen molar-refractivity contribution in [1.29, 1.82) is 0 Å². The van der Waals surface area contributed by atoms with Crippen LogP contribution in [0, 0.1) is 0 Å². The first-order chi connectivity index (χ1) is 4.68. The molecule has 0 fully saturated rings. The second-order valence-corrected chi connectivity index (χ2v) is 2.76. The highest BCUT2D eigenvalue weighted by atomic mass is 32.1. The van der Waals surface area contributed by atoms with Crippen molar-refractivity contribution in [2.45, 2.75) is 12.5 Å². The summed E-state index contributed by atoms with van der Waals surface area (Å²) in [6, 6.07) is 0. The molecule has 0 heterocycles. The van der Waals surface area contributed by atoms with Crippen LogP contribution in [0.1, 0.15) is 6.92 Å². The number of ether oxygens (including phenoxy) is 2. The minimum absolute atomic E-state index is 0.188. The van der Waals surface area contributed by atoms with E-state index in [9.17, 15) is 0 Å². The third-order valence-electron chi connectivity index (χ3n) is 1.20. The number of hydrogen-bond acceptors (Lipinski definition) is 4. The zero-order valence-electron chi connectivity index (χ0n) is 6.68. The molecule has 0 atom stereocenters. The molecule has 62 valence electrons. The largest absolute Gasteiger partial charge is 0.383 e. The lowest BCUT2D eigenvalue weighted by molar-refractivity contribution is 0.0661. The summed E-state index contributed by atoms with van der Waals surface area (Å²) in [5, 5.41) is 0. The van der Waals surface area contributed by atoms with Crippen molar-refractivity contribution in [2.75, 3.05) is 27.4 Å². The topological polar surface area (TPSA) is 30.5 Å². The third kappa shape index (κ3) is 3.41. The molecule has 1 N–H and O–H groups in total. The monoisotopic (exact) mass is 165 g/mol. The Morgan fingerprint density at radius 1 is 1.30 bits per heavy atom. The van der Waals surface area contributed by atoms with E-state index >= 15 is 0 Å². The van der Waals surface area contributed by atoms with Gasteiger partial charge in [-0.05, 0) is 6.92 Å². The number of hydrogen-bond donors (Lipinski definition) is 2. The van der Waals surface area contributed by atoms with E-state index in [-0.39, 0.29) is 5.54 Å². The molecule has 3 nitrogen and oxygen atoms in total. The van der Waals surface area contributed by atoms with Crippen molar-refractivity contribution in [3.8, 4) is 0 Å². The second kappa shape index (κ2) is 4.96. The maximum atomic E-state index is 4.96. The van der Waals surface area contributed by atoms with E-state index in [4.69, 9.17) is 9.47 Å². The summed E-state index contributed by atoms with van der Waals surface area (Å²) in [4.78, 5) is 0. The van der Waals surface area contributed by atoms with Gasteiger partial charge in [-0.1, -0.05) is 12.8 Å². The molecule has 0 saturated carbocycles. The molecule has 0 aromatic carbocycles. The summed E-state index contributed by atoms with van der Waals surface area (Å²) in [5.41, 5.74) is -0.188. The summed E-state index contributed by atoms with van der Waals surface area (Å²) in [7, 11) is 3.30. The van der Waals surface area contributed by atoms with Gasteiger partial charge >= 0.3 is 0 Å². The molecule has 0 aliphatic rings. The highest BCUT2D eigenvalue weighted by Gasteiger charge is 2.21. The van der Waals surface area contributed by atoms with Crippen LogP contribution in [0.25, 0.3) is 0 Å². The maximum absolute atomic E-state index is 4.96. The normalized spacial score (nSPS) is 12.0. The van der Waals surface area contributed by atoms with Crippen LogP contribution in [-0.4, -0.2) is 33.0 Å². The number of nitrogens with one attached hydrogen (secondary N) is 1. The lowest BCUT2D eigenvalue weighted by Crippen LogP contribution is -2.45. The minimum Gasteiger partial charge on any atom is -0.383 e. The Morgan fingerprint density at radius 3 is 1.90 bits per heavy atom. The zero-order chi connectivity index (χ0) is 8.04. The van der Waals surface area contributed by atoms with E-state index in [2.05, 4.69) is 17.5 Å². The van der Waals surface area contributed by atoms with Crippen molar-refractivity contribution in [3.63, 3.8) is 0 Å². The molecule has 0 aliphatic carbocycles. The number of methoxy groups -OCH3 is 2. The molecule has 0 aromatic rings. The van der Waals surface area contributed by atoms with E-state index in [1.54, 1.807) is 14.2 Å². The first-order valence-corrected chi connectivity index (χ1v) is 3.52. The molecule has 0 rings (SSSR count). The Balaban J connectivity index is 3.69. The fourth-order valence-corrected chi connectivity index (χ4v) is 0.872. The molecule has 0 aromatic heterocycles. The summed E-state index contributed by atoms with van der Waals surface area (Å²) in [6.45, 7) is 3.15. The maximum Gasteiger partial charge on any atom is 0.0718 e. The van der Waals surface area contributed by atoms with Crippen LogP contribution in [0.5, 0.6) is 0 Å². The fourth-order valence-electron chi connectivity index (χ4n) is 0.743. The van der Waals surface area contributed by atoms with Crippen LogP contribution in [0.4, 0.5) is 0 Å². The van der Waals surface area contributed by atoms with E-state index in [1.807, 2.05) is 6.92 Å². The molecule has 0 radical (unpaired) electrons. The van der Waals surface area contributed by atoms with Gasteiger partial charge in [-0.2, -0.15) is 0 Å². The van der Waals surface area contributed by atoms with Crippen molar-refractivity contribution >= 4 is 12.8 Å². The summed E-state index contributed by atoms with van der Waals surface area (Å²) < 4.78 is 12.7. The predicted molar refractivity (Wildman–Crippen MR) is 44.3 cm³/mol. The number of thiol groups is 1. The molecule has 0 spiro atoms. The van der Waals surface area contributed by atoms with Gasteiger partial charge in [-0.3, -0.25) is 4.72 Å². The van der Waals surface area contributed by atoms with Crippen molar-refractivity contribution < 1.29 is 9.47 Å². The first kappa shape index (κ1) is 10.2. The lowest BCUT2D eigenvalue weighted by atomic mass is 10.1. The van der Waals surface area contributed by atoms with E-state index in [0.29, 0.717) is 13.2 Å². The summed E-state index contributed by atoms with van der Waals surface area (Å²) in [6.07, 6.45) is 0. The SMILES string of the molecule is COCC(C)(COC)NS. The summed E-state index contributed by atoms with van der Waals surface area (Å²) in [5.74, 6) is 0. The molecule has 0 aliphatic heterocycles. The Labute approximate surface area is 67.6 Å². The Hall–Kier alpha value is 0.230. The van der Waals surface area contributed by atoms with E-state index in [1.165, 1.54) is 0 Å². The minimum atomic E-state index is -0.188. The lowest BCUT2D eigenvalue weighted by Gasteiger charge is -2.26. The molecule has 0 saturated heterocycles. The molecular weight excluding hydrogens is 150 g/mol. The van der Waals surface area contributed by atoms with Gasteiger partial charge in [0.2, 0.25) is 0 Å². The zero-order valence-corrected chi connectivity index (χ0v) is 7.57. The Bertz CT molecular complexity index is 83.8. The average Bonchev–Trinajstić information content (AvgIpc) is 1.89. The first-order valence-electron chi connectivity index (χ1n) is 3.07. The van der Waals surface area contributed by atoms with Crippen LogP contribution in [0.15, 0.2) is 0 Å². The molecule has 0 unspecified atom stereocenters. The number of rotatable bonds is 5. The fraction of sp³-hybridized carbons (Fsp3) is 1.00.